The van der Waals surface area contributed by atoms with E-state index in [2.05, 4.69) is 25.2 Å². The number of rotatable bonds is 6. The van der Waals surface area contributed by atoms with Gasteiger partial charge in [-0.15, -0.1) is 22.7 Å². The van der Waals surface area contributed by atoms with E-state index in [1.54, 1.807) is 30.4 Å². The highest BCUT2D eigenvalue weighted by molar-refractivity contribution is 7.92. The van der Waals surface area contributed by atoms with Gasteiger partial charge in [0, 0.05) is 28.7 Å². The molecule has 4 heterocycles. The van der Waals surface area contributed by atoms with Crippen LogP contribution in [-0.4, -0.2) is 27.9 Å². The molecule has 0 saturated heterocycles. The Bertz CT molecular complexity index is 1480. The number of anilines is 3. The molecule has 0 unspecified atom stereocenters. The highest BCUT2D eigenvalue weighted by atomic mass is 32.2. The van der Waals surface area contributed by atoms with Crippen molar-refractivity contribution in [2.24, 2.45) is 0 Å². The summed E-state index contributed by atoms with van der Waals surface area (Å²) in [5, 5.41) is 11.5. The monoisotopic (exact) mass is 472 g/mol. The van der Waals surface area contributed by atoms with Gasteiger partial charge in [-0.1, -0.05) is 5.16 Å². The minimum atomic E-state index is -3.76. The Morgan fingerprint density at radius 1 is 1.10 bits per heavy atom. The van der Waals surface area contributed by atoms with Crippen LogP contribution < -0.4 is 10.0 Å². The molecule has 0 saturated carbocycles. The lowest BCUT2D eigenvalue weighted by Crippen LogP contribution is -2.13. The molecule has 4 aromatic heterocycles. The summed E-state index contributed by atoms with van der Waals surface area (Å²) in [6, 6.07) is 7.92. The summed E-state index contributed by atoms with van der Waals surface area (Å²) in [5.41, 5.74) is 3.45. The first kappa shape index (κ1) is 19.7. The molecule has 0 aliphatic heterocycles. The average molecular weight is 473 g/mol. The molecule has 0 aliphatic rings. The molecule has 0 fully saturated rings. The number of hydrogen-bond acceptors (Lipinski definition) is 9. The number of sulfonamides is 1. The van der Waals surface area contributed by atoms with Gasteiger partial charge in [0.05, 0.1) is 16.3 Å². The molecule has 0 radical (unpaired) electrons. The number of benzene rings is 1. The molecule has 1 aromatic carbocycles. The van der Waals surface area contributed by atoms with Gasteiger partial charge in [-0.2, -0.15) is 0 Å². The number of fused-ring (bicyclic) bond motifs is 1. The second-order valence-corrected chi connectivity index (χ2v) is 10.1. The van der Waals surface area contributed by atoms with Crippen LogP contribution in [0.15, 0.2) is 56.7 Å². The van der Waals surface area contributed by atoms with Crippen LogP contribution in [0.2, 0.25) is 0 Å². The maximum atomic E-state index is 12.5. The van der Waals surface area contributed by atoms with Gasteiger partial charge in [0.1, 0.15) is 11.5 Å². The smallest absolute Gasteiger partial charge is 0.263 e. The van der Waals surface area contributed by atoms with Crippen LogP contribution in [0.1, 0.15) is 11.5 Å². The Labute approximate surface area is 185 Å². The zero-order chi connectivity index (χ0) is 21.6. The number of aryl methyl sites for hydroxylation is 2. The fourth-order valence-electron chi connectivity index (χ4n) is 3.09. The number of aromatic nitrogens is 4. The standard InChI is InChI=1S/C19H16N6O3S3/c1-11-9-16(23-28-11)24-31(26,27)14-5-3-13(4-6-14)21-18-22-15(10-30-18)17-12(2)20-19-25(17)7-8-29-19/h3-10H,1-2H3,(H,21,22)(H,23,24). The van der Waals surface area contributed by atoms with E-state index in [9.17, 15) is 8.42 Å². The van der Waals surface area contributed by atoms with Crippen molar-refractivity contribution in [3.8, 4) is 11.4 Å². The fourth-order valence-corrected chi connectivity index (χ4v) is 5.55. The van der Waals surface area contributed by atoms with Crippen molar-refractivity contribution in [3.63, 3.8) is 0 Å². The highest BCUT2D eigenvalue weighted by Gasteiger charge is 2.17. The molecule has 0 spiro atoms. The van der Waals surface area contributed by atoms with E-state index in [1.165, 1.54) is 29.5 Å². The van der Waals surface area contributed by atoms with E-state index >= 15 is 0 Å². The third-order valence-electron chi connectivity index (χ3n) is 4.47. The minimum Gasteiger partial charge on any atom is -0.360 e. The van der Waals surface area contributed by atoms with Crippen molar-refractivity contribution in [1.29, 1.82) is 0 Å². The molecule has 158 valence electrons. The lowest BCUT2D eigenvalue weighted by atomic mass is 10.3. The van der Waals surface area contributed by atoms with Gasteiger partial charge in [0.2, 0.25) is 0 Å². The minimum absolute atomic E-state index is 0.119. The van der Waals surface area contributed by atoms with Gasteiger partial charge in [-0.05, 0) is 38.1 Å². The van der Waals surface area contributed by atoms with Crippen molar-refractivity contribution in [2.45, 2.75) is 18.7 Å². The summed E-state index contributed by atoms with van der Waals surface area (Å²) in [6.45, 7) is 3.65. The van der Waals surface area contributed by atoms with Crippen LogP contribution in [0.25, 0.3) is 16.3 Å². The van der Waals surface area contributed by atoms with Crippen molar-refractivity contribution in [3.05, 3.63) is 58.7 Å². The first-order valence-corrected chi connectivity index (χ1v) is 12.3. The molecule has 5 rings (SSSR count). The van der Waals surface area contributed by atoms with Gasteiger partial charge >= 0.3 is 0 Å². The third kappa shape index (κ3) is 3.80. The second kappa shape index (κ2) is 7.48. The lowest BCUT2D eigenvalue weighted by molar-refractivity contribution is 0.400. The predicted octanol–water partition coefficient (Wildman–Crippen LogP) is 4.67. The molecule has 2 N–H and O–H groups in total. The Morgan fingerprint density at radius 3 is 2.65 bits per heavy atom. The number of thiazole rings is 2. The zero-order valence-electron chi connectivity index (χ0n) is 16.4. The molecule has 31 heavy (non-hydrogen) atoms. The summed E-state index contributed by atoms with van der Waals surface area (Å²) in [4.78, 5) is 10.3. The number of nitrogens with one attached hydrogen (secondary N) is 2. The summed E-state index contributed by atoms with van der Waals surface area (Å²) in [6.07, 6.45) is 1.98. The van der Waals surface area contributed by atoms with Crippen LogP contribution >= 0.6 is 22.7 Å². The van der Waals surface area contributed by atoms with Gasteiger partial charge in [-0.3, -0.25) is 9.12 Å². The van der Waals surface area contributed by atoms with Crippen LogP contribution in [0.4, 0.5) is 16.6 Å². The first-order chi connectivity index (χ1) is 14.9. The lowest BCUT2D eigenvalue weighted by Gasteiger charge is -2.07. The third-order valence-corrected chi connectivity index (χ3v) is 7.35. The van der Waals surface area contributed by atoms with Crippen molar-refractivity contribution in [2.75, 3.05) is 10.0 Å². The zero-order valence-corrected chi connectivity index (χ0v) is 18.8. The van der Waals surface area contributed by atoms with E-state index in [0.29, 0.717) is 10.9 Å². The average Bonchev–Trinajstić information content (AvgIpc) is 3.49. The topological polar surface area (TPSA) is 114 Å². The number of imidazole rings is 1. The summed E-state index contributed by atoms with van der Waals surface area (Å²) in [5.74, 6) is 0.663. The van der Waals surface area contributed by atoms with Crippen LogP contribution in [-0.2, 0) is 10.0 Å². The molecular weight excluding hydrogens is 456 g/mol. The van der Waals surface area contributed by atoms with Crippen molar-refractivity contribution in [1.82, 2.24) is 19.5 Å². The largest absolute Gasteiger partial charge is 0.360 e. The Hall–Kier alpha value is -3.22. The maximum absolute atomic E-state index is 12.5. The summed E-state index contributed by atoms with van der Waals surface area (Å²) < 4.78 is 34.3. The molecular formula is C19H16N6O3S3. The van der Waals surface area contributed by atoms with Gasteiger partial charge in [0.15, 0.2) is 15.9 Å². The molecule has 0 bridgehead atoms. The van der Waals surface area contributed by atoms with Crippen LogP contribution in [0, 0.1) is 13.8 Å². The summed E-state index contributed by atoms with van der Waals surface area (Å²) >= 11 is 3.05. The van der Waals surface area contributed by atoms with Crippen molar-refractivity contribution >= 4 is 54.3 Å². The van der Waals surface area contributed by atoms with E-state index in [0.717, 1.165) is 27.7 Å². The van der Waals surface area contributed by atoms with Gasteiger partial charge in [-0.25, -0.2) is 18.4 Å². The Kier molecular flexibility index (Phi) is 4.76. The first-order valence-electron chi connectivity index (χ1n) is 9.10. The highest BCUT2D eigenvalue weighted by Crippen LogP contribution is 2.31. The second-order valence-electron chi connectivity index (χ2n) is 6.72. The van der Waals surface area contributed by atoms with E-state index in [1.807, 2.05) is 28.3 Å². The molecule has 0 amide bonds. The quantitative estimate of drug-likeness (QED) is 0.369. The fraction of sp³-hybridized carbons (Fsp3) is 0.105. The molecule has 5 aromatic rings. The molecule has 12 heteroatoms. The summed E-state index contributed by atoms with van der Waals surface area (Å²) in [7, 11) is -3.76. The van der Waals surface area contributed by atoms with Crippen molar-refractivity contribution < 1.29 is 12.9 Å². The maximum Gasteiger partial charge on any atom is 0.263 e. The van der Waals surface area contributed by atoms with Crippen LogP contribution in [0.5, 0.6) is 0 Å². The van der Waals surface area contributed by atoms with Crippen LogP contribution in [0.3, 0.4) is 0 Å². The van der Waals surface area contributed by atoms with E-state index in [4.69, 9.17) is 4.52 Å². The molecule has 9 nitrogen and oxygen atoms in total. The molecule has 0 aliphatic carbocycles. The van der Waals surface area contributed by atoms with Gasteiger partial charge in [0.25, 0.3) is 10.0 Å². The van der Waals surface area contributed by atoms with Gasteiger partial charge < -0.3 is 9.84 Å². The SMILES string of the molecule is Cc1cc(NS(=O)(=O)c2ccc(Nc3nc(-c4c(C)nc5sccn45)cs3)cc2)no1. The number of hydrogen-bond donors (Lipinski definition) is 2. The Balaban J connectivity index is 1.33. The van der Waals surface area contributed by atoms with E-state index in [-0.39, 0.29) is 10.7 Å². The normalized spacial score (nSPS) is 11.8. The van der Waals surface area contributed by atoms with E-state index < -0.39 is 10.0 Å². The Morgan fingerprint density at radius 2 is 1.90 bits per heavy atom. The number of nitrogens with zero attached hydrogens (tertiary/aromatic N) is 4. The molecule has 0 atom stereocenters. The predicted molar refractivity (Wildman–Crippen MR) is 121 cm³/mol.